The Morgan fingerprint density at radius 2 is 1.71 bits per heavy atom. The van der Waals surface area contributed by atoms with E-state index in [0.29, 0.717) is 24.1 Å². The van der Waals surface area contributed by atoms with Crippen molar-refractivity contribution < 1.29 is 27.7 Å². The number of quaternary nitrogens is 1. The summed E-state index contributed by atoms with van der Waals surface area (Å²) < 4.78 is 32.7. The van der Waals surface area contributed by atoms with Gasteiger partial charge in [0.15, 0.2) is 0 Å². The largest absolute Gasteiger partial charge is 0.459 e. The van der Waals surface area contributed by atoms with Crippen LogP contribution in [-0.4, -0.2) is 63.7 Å². The zero-order chi connectivity index (χ0) is 16.7. The number of unbranched alkanes of at least 4 members (excludes halogenated alkanes) is 1. The number of carbonyl (C=O) groups excluding carboxylic acids is 1. The van der Waals surface area contributed by atoms with Crippen LogP contribution >= 0.6 is 10.9 Å². The summed E-state index contributed by atoms with van der Waals surface area (Å²) >= 11 is 0. The predicted octanol–water partition coefficient (Wildman–Crippen LogP) is 3.05. The summed E-state index contributed by atoms with van der Waals surface area (Å²) in [5.41, 5.74) is -0.438. The van der Waals surface area contributed by atoms with Crippen molar-refractivity contribution in [3.63, 3.8) is 0 Å². The Morgan fingerprint density at radius 1 is 1.14 bits per heavy atom. The van der Waals surface area contributed by atoms with Gasteiger partial charge >= 0.3 is 5.97 Å². The molecule has 0 unspecified atom stereocenters. The van der Waals surface area contributed by atoms with E-state index in [9.17, 15) is 4.79 Å². The van der Waals surface area contributed by atoms with Crippen LogP contribution in [0.25, 0.3) is 0 Å². The summed E-state index contributed by atoms with van der Waals surface area (Å²) in [5, 5.41) is 0. The molecule has 128 valence electrons. The van der Waals surface area contributed by atoms with Crippen molar-refractivity contribution in [3.05, 3.63) is 0 Å². The minimum absolute atomic E-state index is 0.0205. The van der Waals surface area contributed by atoms with Gasteiger partial charge in [0.1, 0.15) is 13.2 Å². The van der Waals surface area contributed by atoms with Crippen molar-refractivity contribution in [2.45, 2.75) is 40.0 Å². The normalized spacial score (nSPS) is 14.1. The lowest BCUT2D eigenvalue weighted by Gasteiger charge is -2.30. The average molecular weight is 326 g/mol. The Balaban J connectivity index is 3.95. The van der Waals surface area contributed by atoms with Crippen molar-refractivity contribution in [1.29, 1.82) is 0 Å². The molecule has 0 fully saturated rings. The zero-order valence-electron chi connectivity index (χ0n) is 14.0. The number of nitrogens with zero attached hydrogens (tertiary/aromatic N) is 1. The van der Waals surface area contributed by atoms with Crippen LogP contribution < -0.4 is 0 Å². The molecule has 0 heterocycles. The highest BCUT2D eigenvalue weighted by Gasteiger charge is 2.27. The first-order valence-electron chi connectivity index (χ1n) is 7.37. The van der Waals surface area contributed by atoms with Crippen molar-refractivity contribution in [3.8, 4) is 0 Å². The van der Waals surface area contributed by atoms with Gasteiger partial charge in [-0.2, -0.15) is 0 Å². The van der Waals surface area contributed by atoms with Gasteiger partial charge in [-0.05, 0) is 33.1 Å². The number of hydrogen-bond donors (Lipinski definition) is 3. The molecule has 0 saturated carbocycles. The van der Waals surface area contributed by atoms with Gasteiger partial charge in [-0.3, -0.25) is 4.79 Å². The fraction of sp³-hybridized carbons (Fsp3) is 0.929. The van der Waals surface area contributed by atoms with Crippen molar-refractivity contribution >= 4 is 16.8 Å². The van der Waals surface area contributed by atoms with Crippen LogP contribution in [0.15, 0.2) is 0 Å². The quantitative estimate of drug-likeness (QED) is 0.326. The van der Waals surface area contributed by atoms with Gasteiger partial charge in [0, 0.05) is 5.75 Å². The maximum atomic E-state index is 11.8. The van der Waals surface area contributed by atoms with Gasteiger partial charge in [0.05, 0.1) is 36.9 Å². The Labute approximate surface area is 130 Å². The number of rotatable bonds is 10. The Morgan fingerprint density at radius 3 is 2.19 bits per heavy atom. The highest BCUT2D eigenvalue weighted by Crippen LogP contribution is 2.33. The third-order valence-electron chi connectivity index (χ3n) is 3.80. The Hall–Kier alpha value is -0.340. The molecule has 6 nitrogen and oxygen atoms in total. The van der Waals surface area contributed by atoms with E-state index in [2.05, 4.69) is 0 Å². The van der Waals surface area contributed by atoms with E-state index in [0.717, 1.165) is 19.4 Å². The van der Waals surface area contributed by atoms with E-state index in [4.69, 9.17) is 18.4 Å². The van der Waals surface area contributed by atoms with Crippen LogP contribution in [0.3, 0.4) is 0 Å². The summed E-state index contributed by atoms with van der Waals surface area (Å²) in [7, 11) is 0.709. The monoisotopic (exact) mass is 326 g/mol. The summed E-state index contributed by atoms with van der Waals surface area (Å²) in [6.07, 6.45) is 2.08. The Kier molecular flexibility index (Phi) is 8.20. The molecule has 0 aromatic heterocycles. The smallest absolute Gasteiger partial charge is 0.311 e. The molecule has 0 amide bonds. The highest BCUT2D eigenvalue weighted by molar-refractivity contribution is 8.19. The van der Waals surface area contributed by atoms with Crippen LogP contribution in [0.2, 0.25) is 0 Å². The molecule has 7 heteroatoms. The summed E-state index contributed by atoms with van der Waals surface area (Å²) in [5.74, 6) is -0.147. The van der Waals surface area contributed by atoms with E-state index in [1.54, 1.807) is 0 Å². The van der Waals surface area contributed by atoms with Crippen molar-refractivity contribution in [1.82, 2.24) is 0 Å². The van der Waals surface area contributed by atoms with Gasteiger partial charge in [-0.15, -0.1) is 0 Å². The van der Waals surface area contributed by atoms with Gasteiger partial charge in [0.25, 0.3) is 0 Å². The molecule has 0 bridgehead atoms. The minimum atomic E-state index is -3.37. The fourth-order valence-corrected chi connectivity index (χ4v) is 2.26. The lowest BCUT2D eigenvalue weighted by atomic mass is 9.91. The first-order chi connectivity index (χ1) is 9.40. The van der Waals surface area contributed by atoms with Crippen molar-refractivity contribution in [2.75, 3.05) is 39.5 Å². The molecule has 0 aromatic carbocycles. The Bertz CT molecular complexity index is 326. The molecule has 0 aliphatic rings. The number of likely N-dealkylation sites (N-methyl/N-ethyl adjacent to an activating group) is 1. The third kappa shape index (κ3) is 10.1. The van der Waals surface area contributed by atoms with E-state index < -0.39 is 16.3 Å². The first kappa shape index (κ1) is 20.7. The molecule has 0 spiro atoms. The topological polar surface area (TPSA) is 87.0 Å². The molecule has 0 radical (unpaired) electrons. The second-order valence-electron chi connectivity index (χ2n) is 6.80. The molecule has 0 aliphatic heterocycles. The fourth-order valence-electron chi connectivity index (χ4n) is 1.67. The van der Waals surface area contributed by atoms with Gasteiger partial charge in [0.2, 0.25) is 0 Å². The van der Waals surface area contributed by atoms with Gasteiger partial charge < -0.3 is 22.9 Å². The zero-order valence-corrected chi connectivity index (χ0v) is 14.8. The summed E-state index contributed by atoms with van der Waals surface area (Å²) in [4.78, 5) is 11.8. The van der Waals surface area contributed by atoms with Crippen LogP contribution in [-0.2, 0) is 9.53 Å². The van der Waals surface area contributed by atoms with E-state index in [-0.39, 0.29) is 11.7 Å². The summed E-state index contributed by atoms with van der Waals surface area (Å²) in [6, 6.07) is 0. The molecule has 0 rings (SSSR count). The minimum Gasteiger partial charge on any atom is -0.459 e. The number of ether oxygens (including phenoxy) is 1. The lowest BCUT2D eigenvalue weighted by molar-refractivity contribution is -0.890. The maximum absolute atomic E-state index is 11.8. The summed E-state index contributed by atoms with van der Waals surface area (Å²) in [6.45, 7) is 7.63. The van der Waals surface area contributed by atoms with Crippen LogP contribution in [0.1, 0.15) is 40.0 Å². The molecule has 3 N–H and O–H groups in total. The molecule has 0 aromatic rings. The standard InChI is InChI=1S/C14H31NO5S/c1-6-14(2,3)13(16)20-11-10-15(4,5)9-7-8-12-21(17,18)19/h6-12H2,1-5H3,(H2-,17,18,19)/p+1. The molecule has 21 heavy (non-hydrogen) atoms. The van der Waals surface area contributed by atoms with Gasteiger partial charge in [-0.1, -0.05) is 6.92 Å². The van der Waals surface area contributed by atoms with Crippen LogP contribution in [0.4, 0.5) is 0 Å². The number of esters is 1. The third-order valence-corrected chi connectivity index (χ3v) is 4.63. The first-order valence-corrected chi connectivity index (χ1v) is 9.04. The van der Waals surface area contributed by atoms with Crippen LogP contribution in [0.5, 0.6) is 0 Å². The molecular formula is C14H32NO5S+. The molecular weight excluding hydrogens is 294 g/mol. The second kappa shape index (κ2) is 8.33. The molecule has 0 aliphatic carbocycles. The molecule has 0 atom stereocenters. The lowest BCUT2D eigenvalue weighted by Crippen LogP contribution is -2.44. The van der Waals surface area contributed by atoms with E-state index in [1.165, 1.54) is 0 Å². The van der Waals surface area contributed by atoms with Crippen LogP contribution in [0, 0.1) is 5.41 Å². The number of hydrogen-bond acceptors (Lipinski definition) is 5. The van der Waals surface area contributed by atoms with Crippen molar-refractivity contribution in [2.24, 2.45) is 5.41 Å². The van der Waals surface area contributed by atoms with Gasteiger partial charge in [-0.25, -0.2) is 0 Å². The average Bonchev–Trinajstić information content (AvgIpc) is 2.33. The van der Waals surface area contributed by atoms with E-state index >= 15 is 0 Å². The number of carbonyl (C=O) groups is 1. The maximum Gasteiger partial charge on any atom is 0.311 e. The van der Waals surface area contributed by atoms with E-state index in [1.807, 2.05) is 34.9 Å². The molecule has 0 saturated heterocycles. The SMILES string of the molecule is CCC(C)(C)C(=O)OCC[N+](C)(C)CCCCS(O)(O)O. The highest BCUT2D eigenvalue weighted by atomic mass is 32.3. The predicted molar refractivity (Wildman–Crippen MR) is 86.5 cm³/mol. The second-order valence-corrected chi connectivity index (χ2v) is 8.47.